The van der Waals surface area contributed by atoms with Gasteiger partial charge in [-0.3, -0.25) is 14.5 Å². The Labute approximate surface area is 110 Å². The number of rotatable bonds is 2. The van der Waals surface area contributed by atoms with Gasteiger partial charge in [0.2, 0.25) is 18.6 Å². The van der Waals surface area contributed by atoms with Crippen LogP contribution in [0.4, 0.5) is 5.69 Å². The van der Waals surface area contributed by atoms with Crippen molar-refractivity contribution in [2.75, 3.05) is 18.2 Å². The third-order valence-corrected chi connectivity index (χ3v) is 3.32. The Balaban J connectivity index is 1.98. The minimum Gasteiger partial charge on any atom is -0.454 e. The van der Waals surface area contributed by atoms with Gasteiger partial charge in [-0.25, -0.2) is 0 Å². The summed E-state index contributed by atoms with van der Waals surface area (Å²) in [6.07, 6.45) is 0.562. The molecule has 0 spiro atoms. The van der Waals surface area contributed by atoms with Gasteiger partial charge in [0, 0.05) is 11.8 Å². The fraction of sp³-hybridized carbons (Fsp3) is 0.385. The molecule has 2 amide bonds. The van der Waals surface area contributed by atoms with Crippen LogP contribution in [0.15, 0.2) is 18.2 Å². The molecule has 1 atom stereocenters. The highest BCUT2D eigenvalue weighted by molar-refractivity contribution is 6.06. The summed E-state index contributed by atoms with van der Waals surface area (Å²) in [5.74, 6) is 1.02. The molecule has 3 rings (SSSR count). The van der Waals surface area contributed by atoms with E-state index in [0.717, 1.165) is 0 Å². The fourth-order valence-electron chi connectivity index (χ4n) is 2.38. The van der Waals surface area contributed by atoms with Crippen molar-refractivity contribution in [1.29, 1.82) is 0 Å². The topological polar surface area (TPSA) is 67.9 Å². The molecule has 1 unspecified atom stereocenters. The van der Waals surface area contributed by atoms with E-state index in [2.05, 4.69) is 5.32 Å². The molecule has 0 saturated carbocycles. The molecular weight excluding hydrogens is 248 g/mol. The summed E-state index contributed by atoms with van der Waals surface area (Å²) < 4.78 is 10.5. The van der Waals surface area contributed by atoms with Crippen LogP contribution < -0.4 is 19.7 Å². The van der Waals surface area contributed by atoms with Crippen LogP contribution in [0.5, 0.6) is 11.5 Å². The van der Waals surface area contributed by atoms with Gasteiger partial charge in [-0.2, -0.15) is 0 Å². The Kier molecular flexibility index (Phi) is 2.77. The van der Waals surface area contributed by atoms with Crippen LogP contribution >= 0.6 is 0 Å². The molecular formula is C13H14N2O4. The summed E-state index contributed by atoms with van der Waals surface area (Å²) in [7, 11) is 0. The van der Waals surface area contributed by atoms with Crippen LogP contribution in [-0.4, -0.2) is 31.2 Å². The van der Waals surface area contributed by atoms with Gasteiger partial charge in [-0.1, -0.05) is 6.92 Å². The lowest BCUT2D eigenvalue weighted by Crippen LogP contribution is -2.58. The third kappa shape index (κ3) is 1.89. The second-order valence-electron chi connectivity index (χ2n) is 4.44. The van der Waals surface area contributed by atoms with Gasteiger partial charge >= 0.3 is 0 Å². The molecule has 1 aromatic rings. The summed E-state index contributed by atoms with van der Waals surface area (Å²) in [6.45, 7) is 2.09. The maximum Gasteiger partial charge on any atom is 0.247 e. The molecule has 1 N–H and O–H groups in total. The second kappa shape index (κ2) is 4.46. The molecule has 2 heterocycles. The number of benzene rings is 1. The number of piperazine rings is 1. The number of ether oxygens (including phenoxy) is 2. The fourth-order valence-corrected chi connectivity index (χ4v) is 2.38. The predicted molar refractivity (Wildman–Crippen MR) is 67.1 cm³/mol. The van der Waals surface area contributed by atoms with Crippen molar-refractivity contribution in [3.63, 3.8) is 0 Å². The van der Waals surface area contributed by atoms with E-state index in [-0.39, 0.29) is 25.2 Å². The highest BCUT2D eigenvalue weighted by Crippen LogP contribution is 2.36. The van der Waals surface area contributed by atoms with Crippen LogP contribution in [0.1, 0.15) is 13.3 Å². The summed E-state index contributed by atoms with van der Waals surface area (Å²) in [6, 6.07) is 4.79. The number of nitrogens with one attached hydrogen (secondary N) is 1. The lowest BCUT2D eigenvalue weighted by Gasteiger charge is -2.34. The number of nitrogens with zero attached hydrogens (tertiary/aromatic N) is 1. The van der Waals surface area contributed by atoms with Gasteiger partial charge in [0.25, 0.3) is 0 Å². The Hall–Kier alpha value is -2.24. The van der Waals surface area contributed by atoms with Gasteiger partial charge in [0.05, 0.1) is 6.54 Å². The van der Waals surface area contributed by atoms with E-state index in [1.165, 1.54) is 4.90 Å². The van der Waals surface area contributed by atoms with Gasteiger partial charge in [-0.05, 0) is 18.6 Å². The first-order chi connectivity index (χ1) is 9.20. The van der Waals surface area contributed by atoms with Crippen molar-refractivity contribution in [3.05, 3.63) is 18.2 Å². The van der Waals surface area contributed by atoms with Crippen molar-refractivity contribution in [2.24, 2.45) is 0 Å². The zero-order chi connectivity index (χ0) is 13.4. The first-order valence-corrected chi connectivity index (χ1v) is 6.20. The normalized spacial score (nSPS) is 21.5. The van der Waals surface area contributed by atoms with Crippen molar-refractivity contribution >= 4 is 17.5 Å². The summed E-state index contributed by atoms with van der Waals surface area (Å²) in [5, 5.41) is 2.60. The molecule has 100 valence electrons. The van der Waals surface area contributed by atoms with Crippen LogP contribution in [0.25, 0.3) is 0 Å². The van der Waals surface area contributed by atoms with Gasteiger partial charge < -0.3 is 14.8 Å². The molecule has 19 heavy (non-hydrogen) atoms. The quantitative estimate of drug-likeness (QED) is 0.850. The highest BCUT2D eigenvalue weighted by atomic mass is 16.7. The molecule has 1 fully saturated rings. The molecule has 1 saturated heterocycles. The Morgan fingerprint density at radius 1 is 1.32 bits per heavy atom. The number of amides is 2. The standard InChI is InChI=1S/C13H14N2O4/c1-2-9-13(17)14-6-12(16)15(9)8-3-4-10-11(5-8)19-7-18-10/h3-5,9H,2,6-7H2,1H3,(H,14,17). The first-order valence-electron chi connectivity index (χ1n) is 6.20. The summed E-state index contributed by atoms with van der Waals surface area (Å²) in [5.41, 5.74) is 0.663. The monoisotopic (exact) mass is 262 g/mol. The molecule has 0 aromatic heterocycles. The molecule has 6 heteroatoms. The summed E-state index contributed by atoms with van der Waals surface area (Å²) >= 11 is 0. The zero-order valence-corrected chi connectivity index (χ0v) is 10.5. The molecule has 2 aliphatic rings. The number of carbonyl (C=O) groups excluding carboxylic acids is 2. The Morgan fingerprint density at radius 3 is 2.89 bits per heavy atom. The number of fused-ring (bicyclic) bond motifs is 1. The number of anilines is 1. The maximum atomic E-state index is 12.0. The van der Waals surface area contributed by atoms with E-state index in [9.17, 15) is 9.59 Å². The highest BCUT2D eigenvalue weighted by Gasteiger charge is 2.34. The molecule has 0 radical (unpaired) electrons. The van der Waals surface area contributed by atoms with Crippen LogP contribution in [0, 0.1) is 0 Å². The van der Waals surface area contributed by atoms with Crippen LogP contribution in [-0.2, 0) is 9.59 Å². The number of hydrogen-bond donors (Lipinski definition) is 1. The van der Waals surface area contributed by atoms with Gasteiger partial charge in [0.15, 0.2) is 11.5 Å². The Morgan fingerprint density at radius 2 is 2.11 bits per heavy atom. The first kappa shape index (κ1) is 11.8. The van der Waals surface area contributed by atoms with Crippen molar-refractivity contribution in [2.45, 2.75) is 19.4 Å². The largest absolute Gasteiger partial charge is 0.454 e. The smallest absolute Gasteiger partial charge is 0.247 e. The van der Waals surface area contributed by atoms with E-state index in [1.54, 1.807) is 18.2 Å². The lowest BCUT2D eigenvalue weighted by molar-refractivity contribution is -0.131. The van der Waals surface area contributed by atoms with Crippen molar-refractivity contribution in [3.8, 4) is 11.5 Å². The predicted octanol–water partition coefficient (Wildman–Crippen LogP) is 0.657. The van der Waals surface area contributed by atoms with Crippen LogP contribution in [0.2, 0.25) is 0 Å². The SMILES string of the molecule is CCC1C(=O)NCC(=O)N1c1ccc2c(c1)OCO2. The lowest BCUT2D eigenvalue weighted by atomic mass is 10.1. The molecule has 0 aliphatic carbocycles. The van der Waals surface area contributed by atoms with E-state index < -0.39 is 6.04 Å². The van der Waals surface area contributed by atoms with Crippen molar-refractivity contribution in [1.82, 2.24) is 5.32 Å². The van der Waals surface area contributed by atoms with Crippen molar-refractivity contribution < 1.29 is 19.1 Å². The maximum absolute atomic E-state index is 12.0. The molecule has 1 aromatic carbocycles. The molecule has 0 bridgehead atoms. The molecule has 6 nitrogen and oxygen atoms in total. The van der Waals surface area contributed by atoms with Gasteiger partial charge in [0.1, 0.15) is 6.04 Å². The minimum atomic E-state index is -0.471. The second-order valence-corrected chi connectivity index (χ2v) is 4.44. The van der Waals surface area contributed by atoms with Gasteiger partial charge in [-0.15, -0.1) is 0 Å². The van der Waals surface area contributed by atoms with E-state index in [1.807, 2.05) is 6.92 Å². The van der Waals surface area contributed by atoms with Crippen LogP contribution in [0.3, 0.4) is 0 Å². The Bertz CT molecular complexity index is 543. The number of carbonyl (C=O) groups is 2. The van der Waals surface area contributed by atoms with E-state index >= 15 is 0 Å². The average molecular weight is 262 g/mol. The third-order valence-electron chi connectivity index (χ3n) is 3.32. The van der Waals surface area contributed by atoms with E-state index in [4.69, 9.17) is 9.47 Å². The number of hydrogen-bond acceptors (Lipinski definition) is 4. The minimum absolute atomic E-state index is 0.0315. The average Bonchev–Trinajstić information content (AvgIpc) is 2.88. The molecule has 2 aliphatic heterocycles. The van der Waals surface area contributed by atoms with E-state index in [0.29, 0.717) is 23.6 Å². The zero-order valence-electron chi connectivity index (χ0n) is 10.5. The summed E-state index contributed by atoms with van der Waals surface area (Å²) in [4.78, 5) is 25.4.